The Morgan fingerprint density at radius 3 is 2.64 bits per heavy atom. The van der Waals surface area contributed by atoms with Crippen LogP contribution in [0.4, 0.5) is 0 Å². The molecule has 0 saturated heterocycles. The fourth-order valence-corrected chi connectivity index (χ4v) is 3.02. The van der Waals surface area contributed by atoms with E-state index in [0.717, 1.165) is 18.4 Å². The topological polar surface area (TPSA) is 49.3 Å². The smallest absolute Gasteiger partial charge is 0.220 e. The molecule has 0 radical (unpaired) electrons. The molecule has 118 valence electrons. The molecule has 1 aromatic carbocycles. The van der Waals surface area contributed by atoms with Crippen molar-refractivity contribution in [3.63, 3.8) is 0 Å². The number of carbonyl (C=O) groups is 1. The van der Waals surface area contributed by atoms with Crippen molar-refractivity contribution in [2.75, 3.05) is 6.54 Å². The monoisotopic (exact) mass is 317 g/mol. The zero-order chi connectivity index (χ0) is 16.0. The van der Waals surface area contributed by atoms with E-state index in [1.165, 1.54) is 11.1 Å². The van der Waals surface area contributed by atoms with E-state index in [9.17, 15) is 9.90 Å². The number of carbonyl (C=O) groups excluding carboxylic acids is 1. The van der Waals surface area contributed by atoms with Gasteiger partial charge in [-0.2, -0.15) is 11.3 Å². The minimum Gasteiger partial charge on any atom is -0.384 e. The van der Waals surface area contributed by atoms with Crippen molar-refractivity contribution < 1.29 is 9.90 Å². The van der Waals surface area contributed by atoms with Crippen LogP contribution in [0, 0.1) is 6.92 Å². The van der Waals surface area contributed by atoms with Crippen molar-refractivity contribution in [3.8, 4) is 0 Å². The van der Waals surface area contributed by atoms with Crippen LogP contribution in [-0.4, -0.2) is 17.6 Å². The number of aryl methyl sites for hydroxylation is 2. The number of aliphatic hydroxyl groups is 1. The molecular formula is C18H23NO2S. The first kappa shape index (κ1) is 16.7. The Hall–Kier alpha value is -1.65. The molecule has 3 nitrogen and oxygen atoms in total. The Labute approximate surface area is 136 Å². The van der Waals surface area contributed by atoms with Gasteiger partial charge in [0, 0.05) is 6.42 Å². The van der Waals surface area contributed by atoms with Crippen molar-refractivity contribution in [2.24, 2.45) is 0 Å². The van der Waals surface area contributed by atoms with Crippen LogP contribution in [0.15, 0.2) is 41.1 Å². The molecule has 0 spiro atoms. The van der Waals surface area contributed by atoms with E-state index in [-0.39, 0.29) is 12.5 Å². The summed E-state index contributed by atoms with van der Waals surface area (Å²) in [5.74, 6) is -0.0115. The Kier molecular flexibility index (Phi) is 5.75. The van der Waals surface area contributed by atoms with E-state index in [4.69, 9.17) is 0 Å². The van der Waals surface area contributed by atoms with Crippen molar-refractivity contribution >= 4 is 17.2 Å². The summed E-state index contributed by atoms with van der Waals surface area (Å²) in [6.45, 7) is 4.03. The molecule has 1 atom stereocenters. The minimum absolute atomic E-state index is 0.0115. The molecule has 2 aromatic rings. The summed E-state index contributed by atoms with van der Waals surface area (Å²) < 4.78 is 0. The molecule has 0 aliphatic heterocycles. The van der Waals surface area contributed by atoms with Gasteiger partial charge in [-0.15, -0.1) is 0 Å². The molecule has 1 aromatic heterocycles. The summed E-state index contributed by atoms with van der Waals surface area (Å²) in [5, 5.41) is 17.0. The molecule has 2 rings (SSSR count). The van der Waals surface area contributed by atoms with Crippen LogP contribution >= 0.6 is 11.3 Å². The highest BCUT2D eigenvalue weighted by atomic mass is 32.1. The third-order valence-corrected chi connectivity index (χ3v) is 4.45. The number of benzene rings is 1. The number of hydrogen-bond acceptors (Lipinski definition) is 3. The molecule has 2 N–H and O–H groups in total. The van der Waals surface area contributed by atoms with Gasteiger partial charge in [-0.05, 0) is 54.6 Å². The number of rotatable bonds is 7. The number of hydrogen-bond donors (Lipinski definition) is 2. The lowest BCUT2D eigenvalue weighted by atomic mass is 9.99. The zero-order valence-electron chi connectivity index (χ0n) is 13.1. The number of nitrogens with one attached hydrogen (secondary N) is 1. The Morgan fingerprint density at radius 2 is 2.00 bits per heavy atom. The second kappa shape index (κ2) is 7.56. The number of amides is 1. The van der Waals surface area contributed by atoms with E-state index in [1.807, 2.05) is 16.8 Å². The van der Waals surface area contributed by atoms with Crippen molar-refractivity contribution in [3.05, 3.63) is 57.8 Å². The molecule has 22 heavy (non-hydrogen) atoms. The van der Waals surface area contributed by atoms with Crippen LogP contribution < -0.4 is 5.32 Å². The van der Waals surface area contributed by atoms with Crippen LogP contribution in [-0.2, 0) is 16.8 Å². The molecular weight excluding hydrogens is 294 g/mol. The summed E-state index contributed by atoms with van der Waals surface area (Å²) in [7, 11) is 0. The Morgan fingerprint density at radius 1 is 1.27 bits per heavy atom. The van der Waals surface area contributed by atoms with Crippen LogP contribution in [0.2, 0.25) is 0 Å². The van der Waals surface area contributed by atoms with Gasteiger partial charge in [-0.25, -0.2) is 0 Å². The lowest BCUT2D eigenvalue weighted by molar-refractivity contribution is -0.122. The maximum Gasteiger partial charge on any atom is 0.220 e. The quantitative estimate of drug-likeness (QED) is 0.822. The van der Waals surface area contributed by atoms with Crippen molar-refractivity contribution in [2.45, 2.75) is 38.7 Å². The van der Waals surface area contributed by atoms with Gasteiger partial charge in [0.2, 0.25) is 5.91 Å². The first-order valence-corrected chi connectivity index (χ1v) is 8.49. The largest absolute Gasteiger partial charge is 0.384 e. The van der Waals surface area contributed by atoms with Crippen LogP contribution in [0.1, 0.15) is 36.5 Å². The fraction of sp³-hybridized carbons (Fsp3) is 0.389. The third kappa shape index (κ3) is 4.97. The first-order valence-electron chi connectivity index (χ1n) is 7.55. The standard InChI is InChI=1S/C18H23NO2S/c1-14-6-8-15(9-7-14)4-3-5-17(20)19-13-18(2,21)16-10-11-22-12-16/h6-12,21H,3-5,13H2,1-2H3,(H,19,20). The molecule has 1 amide bonds. The predicted octanol–water partition coefficient (Wildman–Crippen LogP) is 3.40. The number of thiophene rings is 1. The highest BCUT2D eigenvalue weighted by Crippen LogP contribution is 2.22. The summed E-state index contributed by atoms with van der Waals surface area (Å²) in [6, 6.07) is 10.3. The van der Waals surface area contributed by atoms with Gasteiger partial charge < -0.3 is 10.4 Å². The molecule has 0 bridgehead atoms. The van der Waals surface area contributed by atoms with E-state index < -0.39 is 5.60 Å². The first-order chi connectivity index (χ1) is 10.5. The predicted molar refractivity (Wildman–Crippen MR) is 91.0 cm³/mol. The van der Waals surface area contributed by atoms with E-state index in [0.29, 0.717) is 6.42 Å². The normalized spacial score (nSPS) is 13.6. The molecule has 0 fully saturated rings. The minimum atomic E-state index is -1.01. The highest BCUT2D eigenvalue weighted by molar-refractivity contribution is 7.08. The zero-order valence-corrected chi connectivity index (χ0v) is 14.0. The summed E-state index contributed by atoms with van der Waals surface area (Å²) in [4.78, 5) is 11.9. The van der Waals surface area contributed by atoms with Gasteiger partial charge in [-0.1, -0.05) is 29.8 Å². The Balaban J connectivity index is 1.71. The van der Waals surface area contributed by atoms with Crippen LogP contribution in [0.25, 0.3) is 0 Å². The van der Waals surface area contributed by atoms with E-state index in [1.54, 1.807) is 18.3 Å². The summed E-state index contributed by atoms with van der Waals surface area (Å²) in [6.07, 6.45) is 2.19. The molecule has 0 aliphatic carbocycles. The highest BCUT2D eigenvalue weighted by Gasteiger charge is 2.23. The van der Waals surface area contributed by atoms with E-state index in [2.05, 4.69) is 36.5 Å². The molecule has 4 heteroatoms. The van der Waals surface area contributed by atoms with Gasteiger partial charge in [0.15, 0.2) is 0 Å². The lowest BCUT2D eigenvalue weighted by Crippen LogP contribution is -2.38. The van der Waals surface area contributed by atoms with Gasteiger partial charge in [0.05, 0.1) is 6.54 Å². The second-order valence-corrected chi connectivity index (χ2v) is 6.68. The maximum atomic E-state index is 11.9. The van der Waals surface area contributed by atoms with Crippen LogP contribution in [0.3, 0.4) is 0 Å². The molecule has 0 saturated carbocycles. The van der Waals surface area contributed by atoms with Gasteiger partial charge >= 0.3 is 0 Å². The average molecular weight is 317 g/mol. The molecule has 0 aliphatic rings. The third-order valence-electron chi connectivity index (χ3n) is 3.76. The SMILES string of the molecule is Cc1ccc(CCCC(=O)NCC(C)(O)c2ccsc2)cc1. The Bertz CT molecular complexity index is 588. The average Bonchev–Trinajstić information content (AvgIpc) is 3.02. The van der Waals surface area contributed by atoms with Gasteiger partial charge in [0.25, 0.3) is 0 Å². The fourth-order valence-electron chi connectivity index (χ4n) is 2.24. The van der Waals surface area contributed by atoms with Crippen molar-refractivity contribution in [1.29, 1.82) is 0 Å². The maximum absolute atomic E-state index is 11.9. The lowest BCUT2D eigenvalue weighted by Gasteiger charge is -2.22. The summed E-state index contributed by atoms with van der Waals surface area (Å²) in [5.41, 5.74) is 2.34. The molecule has 1 heterocycles. The molecule has 1 unspecified atom stereocenters. The van der Waals surface area contributed by atoms with Crippen molar-refractivity contribution in [1.82, 2.24) is 5.32 Å². The van der Waals surface area contributed by atoms with Crippen LogP contribution in [0.5, 0.6) is 0 Å². The summed E-state index contributed by atoms with van der Waals surface area (Å²) >= 11 is 1.54. The van der Waals surface area contributed by atoms with Gasteiger partial charge in [0.1, 0.15) is 5.60 Å². The second-order valence-electron chi connectivity index (χ2n) is 5.90. The van der Waals surface area contributed by atoms with Gasteiger partial charge in [-0.3, -0.25) is 4.79 Å². The van der Waals surface area contributed by atoms with E-state index >= 15 is 0 Å².